The molecule has 1 aromatic carbocycles. The minimum absolute atomic E-state index is 0.205. The summed E-state index contributed by atoms with van der Waals surface area (Å²) in [6, 6.07) is 4.13. The van der Waals surface area contributed by atoms with E-state index in [0.717, 1.165) is 25.7 Å². The van der Waals surface area contributed by atoms with E-state index in [9.17, 15) is 4.39 Å². The van der Waals surface area contributed by atoms with Crippen molar-refractivity contribution in [3.8, 4) is 5.75 Å². The molecule has 0 unspecified atom stereocenters. The van der Waals surface area contributed by atoms with Crippen LogP contribution in [-0.4, -0.2) is 5.60 Å². The molecule has 1 aromatic rings. The Labute approximate surface area is 104 Å². The lowest BCUT2D eigenvalue weighted by atomic mass is 9.86. The van der Waals surface area contributed by atoms with Crippen LogP contribution in [-0.2, 0) is 0 Å². The summed E-state index contributed by atoms with van der Waals surface area (Å²) in [7, 11) is 0. The lowest BCUT2D eigenvalue weighted by Gasteiger charge is -2.38. The van der Waals surface area contributed by atoms with Crippen LogP contribution in [0.15, 0.2) is 23.3 Å². The van der Waals surface area contributed by atoms with Crippen molar-refractivity contribution >= 4 is 0 Å². The van der Waals surface area contributed by atoms with Crippen molar-refractivity contribution in [3.05, 3.63) is 40.0 Å². The van der Waals surface area contributed by atoms with Crippen molar-refractivity contribution in [2.45, 2.75) is 43.7 Å². The monoisotopic (exact) mass is 247 g/mol. The molecule has 0 radical (unpaired) electrons. The van der Waals surface area contributed by atoms with Crippen LogP contribution in [0.4, 0.5) is 4.39 Å². The fourth-order valence-electron chi connectivity index (χ4n) is 3.10. The van der Waals surface area contributed by atoms with Gasteiger partial charge in [-0.2, -0.15) is 0 Å². The molecule has 0 N–H and O–H groups in total. The number of rotatable bonds is 1. The zero-order valence-corrected chi connectivity index (χ0v) is 9.97. The maximum atomic E-state index is 13.3. The Kier molecular flexibility index (Phi) is 2.63. The molecule has 18 heavy (non-hydrogen) atoms. The summed E-state index contributed by atoms with van der Waals surface area (Å²) in [5, 5.41) is 3.82. The fraction of sp³-hybridized carbons (Fsp3) is 0.538. The first-order valence-corrected chi connectivity index (χ1v) is 6.25. The Morgan fingerprint density at radius 2 is 2.17 bits per heavy atom. The molecular formula is C13H14FN3O. The van der Waals surface area contributed by atoms with E-state index in [1.165, 1.54) is 12.1 Å². The molecule has 5 heteroatoms. The summed E-state index contributed by atoms with van der Waals surface area (Å²) in [6.45, 7) is 0. The maximum absolute atomic E-state index is 13.3. The van der Waals surface area contributed by atoms with Crippen LogP contribution in [0.2, 0.25) is 0 Å². The van der Waals surface area contributed by atoms with Gasteiger partial charge in [0.15, 0.2) is 0 Å². The lowest BCUT2D eigenvalue weighted by molar-refractivity contribution is 0.0425. The molecule has 0 saturated heterocycles. The lowest BCUT2D eigenvalue weighted by Crippen LogP contribution is -2.37. The Bertz CT molecular complexity index is 519. The quantitative estimate of drug-likeness (QED) is 0.415. The first kappa shape index (κ1) is 11.4. The summed E-state index contributed by atoms with van der Waals surface area (Å²) < 4.78 is 19.3. The van der Waals surface area contributed by atoms with Crippen LogP contribution in [0.5, 0.6) is 5.75 Å². The topological polar surface area (TPSA) is 58.0 Å². The fourth-order valence-corrected chi connectivity index (χ4v) is 3.10. The van der Waals surface area contributed by atoms with E-state index in [-0.39, 0.29) is 17.5 Å². The number of ether oxygens (including phenoxy) is 1. The van der Waals surface area contributed by atoms with Gasteiger partial charge >= 0.3 is 0 Å². The van der Waals surface area contributed by atoms with Gasteiger partial charge in [0.25, 0.3) is 0 Å². The van der Waals surface area contributed by atoms with Gasteiger partial charge in [0.05, 0.1) is 6.04 Å². The largest absolute Gasteiger partial charge is 0.487 e. The smallest absolute Gasteiger partial charge is 0.123 e. The summed E-state index contributed by atoms with van der Waals surface area (Å²) >= 11 is 0. The number of halogens is 1. The summed E-state index contributed by atoms with van der Waals surface area (Å²) in [5.41, 5.74) is 9.14. The van der Waals surface area contributed by atoms with E-state index in [0.29, 0.717) is 17.7 Å². The molecule has 1 fully saturated rings. The Morgan fingerprint density at radius 3 is 2.89 bits per heavy atom. The third-order valence-electron chi connectivity index (χ3n) is 3.93. The highest BCUT2D eigenvalue weighted by molar-refractivity contribution is 5.39. The molecule has 0 aromatic heterocycles. The molecule has 3 rings (SSSR count). The van der Waals surface area contributed by atoms with E-state index in [2.05, 4.69) is 10.0 Å². The number of azide groups is 1. The predicted octanol–water partition coefficient (Wildman–Crippen LogP) is 4.27. The molecule has 1 aliphatic heterocycles. The van der Waals surface area contributed by atoms with Crippen LogP contribution >= 0.6 is 0 Å². The number of benzene rings is 1. The molecule has 1 saturated carbocycles. The van der Waals surface area contributed by atoms with Crippen LogP contribution in [0, 0.1) is 5.82 Å². The molecule has 0 amide bonds. The van der Waals surface area contributed by atoms with E-state index in [1.807, 2.05) is 0 Å². The molecule has 94 valence electrons. The highest BCUT2D eigenvalue weighted by Crippen LogP contribution is 2.48. The van der Waals surface area contributed by atoms with E-state index < -0.39 is 0 Å². The first-order chi connectivity index (χ1) is 8.72. The summed E-state index contributed by atoms with van der Waals surface area (Å²) in [5.74, 6) is 0.347. The number of nitrogens with zero attached hydrogens (tertiary/aromatic N) is 3. The van der Waals surface area contributed by atoms with Crippen molar-refractivity contribution in [1.29, 1.82) is 0 Å². The molecule has 1 heterocycles. The second-order valence-corrected chi connectivity index (χ2v) is 5.10. The van der Waals surface area contributed by atoms with Crippen molar-refractivity contribution in [3.63, 3.8) is 0 Å². The second-order valence-electron chi connectivity index (χ2n) is 5.10. The minimum Gasteiger partial charge on any atom is -0.487 e. The molecular weight excluding hydrogens is 233 g/mol. The number of fused-ring (bicyclic) bond motifs is 1. The maximum Gasteiger partial charge on any atom is 0.123 e. The normalized spacial score (nSPS) is 24.2. The molecule has 0 bridgehead atoms. The van der Waals surface area contributed by atoms with Gasteiger partial charge in [-0.25, -0.2) is 4.39 Å². The average molecular weight is 247 g/mol. The van der Waals surface area contributed by atoms with Gasteiger partial charge in [0.1, 0.15) is 17.2 Å². The van der Waals surface area contributed by atoms with Crippen molar-refractivity contribution in [2.75, 3.05) is 0 Å². The highest BCUT2D eigenvalue weighted by Gasteiger charge is 2.42. The molecule has 1 aliphatic carbocycles. The third-order valence-corrected chi connectivity index (χ3v) is 3.93. The van der Waals surface area contributed by atoms with Gasteiger partial charge in [-0.05, 0) is 55.8 Å². The summed E-state index contributed by atoms with van der Waals surface area (Å²) in [6.07, 6.45) is 4.91. The summed E-state index contributed by atoms with van der Waals surface area (Å²) in [4.78, 5) is 2.89. The first-order valence-electron chi connectivity index (χ1n) is 6.25. The van der Waals surface area contributed by atoms with Gasteiger partial charge in [0, 0.05) is 10.5 Å². The standard InChI is InChI=1S/C13H14FN3O/c14-9-3-4-12-10(7-9)11(16-17-15)8-13(18-12)5-1-2-6-13/h3-4,7,11H,1-2,5-6,8H2/t11-/m0/s1. The highest BCUT2D eigenvalue weighted by atomic mass is 19.1. The van der Waals surface area contributed by atoms with Crippen molar-refractivity contribution in [1.82, 2.24) is 0 Å². The average Bonchev–Trinajstić information content (AvgIpc) is 2.79. The van der Waals surface area contributed by atoms with Crippen LogP contribution in [0.1, 0.15) is 43.7 Å². The van der Waals surface area contributed by atoms with Crippen LogP contribution in [0.3, 0.4) is 0 Å². The van der Waals surface area contributed by atoms with Crippen LogP contribution in [0.25, 0.3) is 10.4 Å². The van der Waals surface area contributed by atoms with Gasteiger partial charge in [-0.1, -0.05) is 5.11 Å². The Hall–Kier alpha value is -1.74. The Balaban J connectivity index is 2.04. The Morgan fingerprint density at radius 1 is 1.39 bits per heavy atom. The second kappa shape index (κ2) is 4.18. The minimum atomic E-state index is -0.321. The van der Waals surface area contributed by atoms with E-state index in [4.69, 9.17) is 10.3 Å². The zero-order chi connectivity index (χ0) is 12.6. The number of hydrogen-bond donors (Lipinski definition) is 0. The number of hydrogen-bond acceptors (Lipinski definition) is 2. The van der Waals surface area contributed by atoms with Crippen molar-refractivity contribution < 1.29 is 9.13 Å². The molecule has 1 spiro atoms. The van der Waals surface area contributed by atoms with Crippen LogP contribution < -0.4 is 4.74 Å². The third kappa shape index (κ3) is 1.81. The predicted molar refractivity (Wildman–Crippen MR) is 64.7 cm³/mol. The SMILES string of the molecule is [N-]=[N+]=N[C@H]1CC2(CCCC2)Oc2ccc(F)cc21. The van der Waals surface area contributed by atoms with Gasteiger partial charge in [-0.15, -0.1) is 0 Å². The zero-order valence-electron chi connectivity index (χ0n) is 9.97. The van der Waals surface area contributed by atoms with Gasteiger partial charge in [-0.3, -0.25) is 0 Å². The molecule has 4 nitrogen and oxygen atoms in total. The van der Waals surface area contributed by atoms with E-state index >= 15 is 0 Å². The molecule has 1 atom stereocenters. The van der Waals surface area contributed by atoms with Crippen molar-refractivity contribution in [2.24, 2.45) is 5.11 Å². The van der Waals surface area contributed by atoms with Gasteiger partial charge in [0.2, 0.25) is 0 Å². The van der Waals surface area contributed by atoms with Gasteiger partial charge < -0.3 is 4.74 Å². The van der Waals surface area contributed by atoms with E-state index in [1.54, 1.807) is 6.07 Å². The molecule has 2 aliphatic rings.